The SMILES string of the molecule is O=S(=O)(O)C(c1ccc(Cl)c(O)c1)(c1ccc(Cl)c(O)c1)c1ccc(Cl)cc1Cl. The van der Waals surface area contributed by atoms with Crippen molar-refractivity contribution in [1.82, 2.24) is 0 Å². The fraction of sp³-hybridized carbons (Fsp3) is 0.0526. The van der Waals surface area contributed by atoms with E-state index in [1.54, 1.807) is 0 Å². The molecule has 0 radical (unpaired) electrons. The van der Waals surface area contributed by atoms with Crippen LogP contribution in [0, 0.1) is 0 Å². The van der Waals surface area contributed by atoms with Crippen molar-refractivity contribution in [2.24, 2.45) is 0 Å². The second kappa shape index (κ2) is 7.87. The van der Waals surface area contributed by atoms with Gasteiger partial charge in [-0.1, -0.05) is 64.6 Å². The first-order valence-corrected chi connectivity index (χ1v) is 10.8. The van der Waals surface area contributed by atoms with Gasteiger partial charge >= 0.3 is 0 Å². The summed E-state index contributed by atoms with van der Waals surface area (Å²) in [5.41, 5.74) is -0.213. The Morgan fingerprint density at radius 3 is 1.55 bits per heavy atom. The molecule has 0 atom stereocenters. The van der Waals surface area contributed by atoms with Crippen LogP contribution in [0.4, 0.5) is 0 Å². The molecule has 0 aliphatic carbocycles. The van der Waals surface area contributed by atoms with Crippen LogP contribution in [0.1, 0.15) is 16.7 Å². The monoisotopic (exact) mass is 492 g/mol. The van der Waals surface area contributed by atoms with Gasteiger partial charge in [0.15, 0.2) is 4.75 Å². The number of hydrogen-bond donors (Lipinski definition) is 3. The van der Waals surface area contributed by atoms with Crippen LogP contribution in [-0.4, -0.2) is 23.2 Å². The van der Waals surface area contributed by atoms with Gasteiger partial charge in [-0.3, -0.25) is 4.55 Å². The third kappa shape index (κ3) is 3.77. The molecule has 3 rings (SSSR count). The molecule has 3 aromatic rings. The van der Waals surface area contributed by atoms with Gasteiger partial charge in [-0.15, -0.1) is 0 Å². The van der Waals surface area contributed by atoms with E-state index in [0.29, 0.717) is 0 Å². The number of rotatable bonds is 4. The predicted molar refractivity (Wildman–Crippen MR) is 114 cm³/mol. The fourth-order valence-electron chi connectivity index (χ4n) is 3.15. The summed E-state index contributed by atoms with van der Waals surface area (Å²) in [6.45, 7) is 0. The molecule has 0 aromatic heterocycles. The molecule has 152 valence electrons. The molecule has 10 heteroatoms. The highest BCUT2D eigenvalue weighted by Gasteiger charge is 2.50. The minimum atomic E-state index is -5.02. The van der Waals surface area contributed by atoms with E-state index in [0.717, 1.165) is 12.1 Å². The zero-order chi connectivity index (χ0) is 21.6. The third-order valence-electron chi connectivity index (χ3n) is 4.40. The Morgan fingerprint density at radius 2 is 1.17 bits per heavy atom. The van der Waals surface area contributed by atoms with Gasteiger partial charge in [-0.25, -0.2) is 0 Å². The van der Waals surface area contributed by atoms with Crippen molar-refractivity contribution in [1.29, 1.82) is 0 Å². The Bertz CT molecular complexity index is 1160. The quantitative estimate of drug-likeness (QED) is 0.311. The van der Waals surface area contributed by atoms with Crippen LogP contribution >= 0.6 is 46.4 Å². The van der Waals surface area contributed by atoms with Gasteiger partial charge < -0.3 is 10.2 Å². The van der Waals surface area contributed by atoms with Gasteiger partial charge in [-0.05, 0) is 47.5 Å². The molecule has 0 heterocycles. The maximum Gasteiger partial charge on any atom is 0.283 e. The molecular formula is C19H12Cl4O5S. The summed E-state index contributed by atoms with van der Waals surface area (Å²) >= 11 is 24.0. The molecule has 0 aliphatic rings. The summed E-state index contributed by atoms with van der Waals surface area (Å²) in [7, 11) is -5.02. The van der Waals surface area contributed by atoms with Crippen molar-refractivity contribution in [3.63, 3.8) is 0 Å². The van der Waals surface area contributed by atoms with Crippen molar-refractivity contribution < 1.29 is 23.2 Å². The normalized spacial score (nSPS) is 12.2. The highest BCUT2D eigenvalue weighted by Crippen LogP contribution is 2.49. The third-order valence-corrected chi connectivity index (χ3v) is 7.05. The number of hydrogen-bond acceptors (Lipinski definition) is 4. The first-order valence-electron chi connectivity index (χ1n) is 7.89. The Morgan fingerprint density at radius 1 is 0.690 bits per heavy atom. The molecule has 3 aromatic carbocycles. The van der Waals surface area contributed by atoms with Crippen LogP contribution in [-0.2, 0) is 14.9 Å². The van der Waals surface area contributed by atoms with Gasteiger partial charge in [0.1, 0.15) is 11.5 Å². The lowest BCUT2D eigenvalue weighted by atomic mass is 9.83. The minimum Gasteiger partial charge on any atom is -0.506 e. The van der Waals surface area contributed by atoms with Crippen LogP contribution in [0.2, 0.25) is 20.1 Å². The van der Waals surface area contributed by atoms with Gasteiger partial charge in [0, 0.05) is 15.6 Å². The largest absolute Gasteiger partial charge is 0.506 e. The van der Waals surface area contributed by atoms with Crippen molar-refractivity contribution >= 4 is 56.5 Å². The van der Waals surface area contributed by atoms with Gasteiger partial charge in [0.25, 0.3) is 10.1 Å². The summed E-state index contributed by atoms with van der Waals surface area (Å²) in [6, 6.07) is 11.4. The van der Waals surface area contributed by atoms with Gasteiger partial charge in [0.2, 0.25) is 0 Å². The Labute approximate surface area is 186 Å². The van der Waals surface area contributed by atoms with E-state index in [9.17, 15) is 23.2 Å². The van der Waals surface area contributed by atoms with E-state index in [1.165, 1.54) is 42.5 Å². The lowest BCUT2D eigenvalue weighted by molar-refractivity contribution is 0.455. The summed E-state index contributed by atoms with van der Waals surface area (Å²) < 4.78 is 34.0. The van der Waals surface area contributed by atoms with Crippen LogP contribution < -0.4 is 0 Å². The highest BCUT2D eigenvalue weighted by molar-refractivity contribution is 7.87. The zero-order valence-electron chi connectivity index (χ0n) is 14.3. The second-order valence-electron chi connectivity index (χ2n) is 6.11. The first kappa shape index (κ1) is 22.0. The maximum absolute atomic E-state index is 12.9. The number of aromatic hydroxyl groups is 2. The summed E-state index contributed by atoms with van der Waals surface area (Å²) in [5.74, 6) is -0.832. The van der Waals surface area contributed by atoms with Gasteiger partial charge in [-0.2, -0.15) is 8.42 Å². The van der Waals surface area contributed by atoms with E-state index >= 15 is 0 Å². The highest BCUT2D eigenvalue weighted by atomic mass is 35.5. The van der Waals surface area contributed by atoms with Crippen molar-refractivity contribution in [2.75, 3.05) is 0 Å². The molecule has 0 unspecified atom stereocenters. The summed E-state index contributed by atoms with van der Waals surface area (Å²) in [6.07, 6.45) is 0. The Hall–Kier alpha value is -1.67. The van der Waals surface area contributed by atoms with Crippen LogP contribution in [0.25, 0.3) is 0 Å². The van der Waals surface area contributed by atoms with E-state index in [2.05, 4.69) is 0 Å². The molecule has 0 aliphatic heterocycles. The van der Waals surface area contributed by atoms with E-state index in [1.807, 2.05) is 0 Å². The lowest BCUT2D eigenvalue weighted by Crippen LogP contribution is -2.38. The molecule has 0 spiro atoms. The first-order chi connectivity index (χ1) is 13.5. The molecule has 0 fully saturated rings. The van der Waals surface area contributed by atoms with E-state index in [4.69, 9.17) is 46.4 Å². The van der Waals surface area contributed by atoms with Crippen molar-refractivity contribution in [3.8, 4) is 11.5 Å². The van der Waals surface area contributed by atoms with Crippen molar-refractivity contribution in [2.45, 2.75) is 4.75 Å². The molecule has 5 nitrogen and oxygen atoms in total. The Balaban J connectivity index is 2.56. The predicted octanol–water partition coefficient (Wildman–Crippen LogP) is 5.89. The smallest absolute Gasteiger partial charge is 0.283 e. The number of phenols is 2. The molecule has 0 saturated heterocycles. The molecule has 3 N–H and O–H groups in total. The average Bonchev–Trinajstić information content (AvgIpc) is 2.62. The van der Waals surface area contributed by atoms with E-state index in [-0.39, 0.29) is 36.8 Å². The molecule has 29 heavy (non-hydrogen) atoms. The topological polar surface area (TPSA) is 94.8 Å². The van der Waals surface area contributed by atoms with Crippen molar-refractivity contribution in [3.05, 3.63) is 91.4 Å². The maximum atomic E-state index is 12.9. The summed E-state index contributed by atoms with van der Waals surface area (Å²) in [4.78, 5) is 0. The van der Waals surface area contributed by atoms with Gasteiger partial charge in [0.05, 0.1) is 10.0 Å². The standard InChI is InChI=1S/C19H12Cl4O5S/c20-12-3-4-13(16(23)9-12)19(29(26,27)28,10-1-5-14(21)17(24)7-10)11-2-6-15(22)18(25)8-11/h1-9,24-25H,(H,26,27,28). The lowest BCUT2D eigenvalue weighted by Gasteiger charge is -2.33. The molecular weight excluding hydrogens is 482 g/mol. The minimum absolute atomic E-state index is 0.0286. The molecule has 0 saturated carbocycles. The number of phenolic OH excluding ortho intramolecular Hbond substituents is 2. The number of halogens is 4. The van der Waals surface area contributed by atoms with Crippen LogP contribution in [0.3, 0.4) is 0 Å². The van der Waals surface area contributed by atoms with Crippen LogP contribution in [0.5, 0.6) is 11.5 Å². The average molecular weight is 494 g/mol. The molecule has 0 bridgehead atoms. The zero-order valence-corrected chi connectivity index (χ0v) is 18.1. The molecule has 0 amide bonds. The van der Waals surface area contributed by atoms with E-state index < -0.39 is 26.4 Å². The number of benzene rings is 3. The summed E-state index contributed by atoms with van der Waals surface area (Å²) in [5, 5.41) is 20.3. The second-order valence-corrected chi connectivity index (χ2v) is 9.33. The fourth-order valence-corrected chi connectivity index (χ4v) is 5.30. The van der Waals surface area contributed by atoms with Crippen LogP contribution in [0.15, 0.2) is 54.6 Å². The Kier molecular flexibility index (Phi) is 5.98.